The second-order valence-electron chi connectivity index (χ2n) is 10.5. The fraction of sp³-hybridized carbons (Fsp3) is 0.852. The summed E-state index contributed by atoms with van der Waals surface area (Å²) >= 11 is 0. The lowest BCUT2D eigenvalue weighted by molar-refractivity contribution is -0.196. The van der Waals surface area contributed by atoms with Crippen LogP contribution in [-0.2, 0) is 23.7 Å². The van der Waals surface area contributed by atoms with Gasteiger partial charge >= 0.3 is 0 Å². The molecule has 186 valence electrons. The van der Waals surface area contributed by atoms with Gasteiger partial charge in [0.1, 0.15) is 0 Å². The zero-order valence-corrected chi connectivity index (χ0v) is 19.9. The van der Waals surface area contributed by atoms with Crippen LogP contribution in [-0.4, -0.2) is 55.5 Å². The maximum Gasteiger partial charge on any atom is 0.158 e. The predicted molar refractivity (Wildman–Crippen MR) is 124 cm³/mol. The number of fused-ring (bicyclic) bond motifs is 1. The zero-order valence-electron chi connectivity index (χ0n) is 19.9. The smallest absolute Gasteiger partial charge is 0.158 e. The lowest BCUT2D eigenvalue weighted by Crippen LogP contribution is -2.32. The minimum absolute atomic E-state index is 0.0266. The third kappa shape index (κ3) is 6.47. The summed E-state index contributed by atoms with van der Waals surface area (Å²) in [5.41, 5.74) is 0. The number of ether oxygens (including phenoxy) is 5. The minimum atomic E-state index is -0.655. The molecule has 4 fully saturated rings. The first-order valence-corrected chi connectivity index (χ1v) is 13.5. The maximum atomic E-state index is 10.1. The van der Waals surface area contributed by atoms with Crippen molar-refractivity contribution in [2.24, 2.45) is 17.8 Å². The fourth-order valence-electron chi connectivity index (χ4n) is 6.29. The molecule has 5 rings (SSSR count). The first-order valence-electron chi connectivity index (χ1n) is 13.5. The van der Waals surface area contributed by atoms with E-state index < -0.39 is 6.29 Å². The van der Waals surface area contributed by atoms with E-state index in [-0.39, 0.29) is 42.7 Å². The van der Waals surface area contributed by atoms with Crippen LogP contribution >= 0.6 is 0 Å². The van der Waals surface area contributed by atoms with E-state index in [4.69, 9.17) is 23.7 Å². The van der Waals surface area contributed by atoms with Gasteiger partial charge in [-0.2, -0.15) is 0 Å². The van der Waals surface area contributed by atoms with Crippen LogP contribution in [0.25, 0.3) is 0 Å². The monoisotopic (exact) mass is 462 g/mol. The summed E-state index contributed by atoms with van der Waals surface area (Å²) in [4.78, 5) is 0. The molecule has 3 saturated heterocycles. The molecule has 0 aromatic heterocycles. The number of hydrogen-bond donors (Lipinski definition) is 1. The highest BCUT2D eigenvalue weighted by Crippen LogP contribution is 2.45. The number of aliphatic hydroxyl groups is 1. The van der Waals surface area contributed by atoms with Crippen molar-refractivity contribution in [3.8, 4) is 0 Å². The van der Waals surface area contributed by atoms with Crippen molar-refractivity contribution < 1.29 is 28.8 Å². The van der Waals surface area contributed by atoms with Crippen LogP contribution in [0.2, 0.25) is 0 Å². The van der Waals surface area contributed by atoms with Crippen molar-refractivity contribution in [2.75, 3.05) is 13.2 Å². The largest absolute Gasteiger partial charge is 0.368 e. The summed E-state index contributed by atoms with van der Waals surface area (Å²) in [5, 5.41) is 10.1. The molecule has 6 nitrogen and oxygen atoms in total. The summed E-state index contributed by atoms with van der Waals surface area (Å²) in [5.74, 6) is 1.05. The van der Waals surface area contributed by atoms with Gasteiger partial charge in [0.15, 0.2) is 18.9 Å². The third-order valence-electron chi connectivity index (χ3n) is 8.04. The molecule has 4 unspecified atom stereocenters. The Balaban J connectivity index is 1.28. The van der Waals surface area contributed by atoms with Crippen LogP contribution in [0.15, 0.2) is 24.3 Å². The second kappa shape index (κ2) is 11.8. The van der Waals surface area contributed by atoms with Gasteiger partial charge in [0.2, 0.25) is 0 Å². The van der Waals surface area contributed by atoms with E-state index >= 15 is 0 Å². The van der Waals surface area contributed by atoms with Crippen molar-refractivity contribution in [3.05, 3.63) is 24.3 Å². The lowest BCUT2D eigenvalue weighted by Gasteiger charge is -2.30. The molecule has 6 heteroatoms. The zero-order chi connectivity index (χ0) is 22.5. The molecule has 1 saturated carbocycles. The molecule has 2 aliphatic carbocycles. The molecule has 0 bridgehead atoms. The SMILES string of the molecule is OC1C[C@@H]2[C@@H](C=C[C@H](CC3C=CCCC3)OC3CCCCO3)[C@H](OC3CCCCO3)C[C@@H]2O1. The van der Waals surface area contributed by atoms with E-state index in [9.17, 15) is 5.11 Å². The summed E-state index contributed by atoms with van der Waals surface area (Å²) in [7, 11) is 0. The summed E-state index contributed by atoms with van der Waals surface area (Å²) < 4.78 is 30.5. The molecule has 0 aromatic rings. The van der Waals surface area contributed by atoms with Crippen LogP contribution < -0.4 is 0 Å². The van der Waals surface area contributed by atoms with Gasteiger partial charge in [-0.15, -0.1) is 0 Å². The van der Waals surface area contributed by atoms with E-state index in [1.807, 2.05) is 0 Å². The summed E-state index contributed by atoms with van der Waals surface area (Å²) in [6.45, 7) is 1.58. The standard InChI is InChI=1S/C27H42O6/c28-25-17-22-21(23(18-24(22)32-25)33-27-11-5-7-15-30-27)13-12-20(16-19-8-2-1-3-9-19)31-26-10-4-6-14-29-26/h2,8,12-13,19-28H,1,3-7,9-11,14-18H2/t19?,20-,21-,22-,23-,24+,25?,26?,27?/m1/s1. The van der Waals surface area contributed by atoms with E-state index in [1.165, 1.54) is 25.7 Å². The van der Waals surface area contributed by atoms with E-state index in [2.05, 4.69) is 24.3 Å². The first-order chi connectivity index (χ1) is 16.2. The van der Waals surface area contributed by atoms with Gasteiger partial charge in [-0.25, -0.2) is 0 Å². The van der Waals surface area contributed by atoms with Gasteiger partial charge in [0, 0.05) is 32.0 Å². The molecule has 0 radical (unpaired) electrons. The average Bonchev–Trinajstić information content (AvgIpc) is 3.35. The molecule has 3 heterocycles. The highest BCUT2D eigenvalue weighted by Gasteiger charge is 2.49. The highest BCUT2D eigenvalue weighted by atomic mass is 16.7. The first kappa shape index (κ1) is 24.0. The molecule has 1 N–H and O–H groups in total. The number of hydrogen-bond acceptors (Lipinski definition) is 6. The van der Waals surface area contributed by atoms with E-state index in [1.54, 1.807) is 0 Å². The van der Waals surface area contributed by atoms with Gasteiger partial charge in [0.05, 0.1) is 18.3 Å². The Morgan fingerprint density at radius 2 is 1.79 bits per heavy atom. The van der Waals surface area contributed by atoms with Crippen LogP contribution in [0.1, 0.15) is 77.0 Å². The molecule has 9 atom stereocenters. The Bertz CT molecular complexity index is 653. The van der Waals surface area contributed by atoms with Gasteiger partial charge in [-0.3, -0.25) is 0 Å². The predicted octanol–water partition coefficient (Wildman–Crippen LogP) is 4.86. The van der Waals surface area contributed by atoms with Crippen LogP contribution in [0.3, 0.4) is 0 Å². The Hall–Kier alpha value is -0.760. The average molecular weight is 463 g/mol. The quantitative estimate of drug-likeness (QED) is 0.520. The maximum absolute atomic E-state index is 10.1. The molecule has 33 heavy (non-hydrogen) atoms. The van der Waals surface area contributed by atoms with Crippen LogP contribution in [0.5, 0.6) is 0 Å². The van der Waals surface area contributed by atoms with Gasteiger partial charge in [-0.1, -0.05) is 24.3 Å². The van der Waals surface area contributed by atoms with Crippen LogP contribution in [0.4, 0.5) is 0 Å². The molecule has 0 amide bonds. The molecule has 0 spiro atoms. The Labute approximate surface area is 198 Å². The van der Waals surface area contributed by atoms with Crippen molar-refractivity contribution in [1.82, 2.24) is 0 Å². The van der Waals surface area contributed by atoms with E-state index in [0.717, 1.165) is 58.2 Å². The number of allylic oxidation sites excluding steroid dienone is 2. The Morgan fingerprint density at radius 3 is 2.52 bits per heavy atom. The lowest BCUT2D eigenvalue weighted by atomic mass is 9.88. The Kier molecular flexibility index (Phi) is 8.55. The molecular weight excluding hydrogens is 420 g/mol. The number of aliphatic hydroxyl groups excluding tert-OH is 1. The minimum Gasteiger partial charge on any atom is -0.368 e. The van der Waals surface area contributed by atoms with Crippen molar-refractivity contribution in [2.45, 2.75) is 114 Å². The summed E-state index contributed by atoms with van der Waals surface area (Å²) in [6, 6.07) is 0. The molecular formula is C27H42O6. The highest BCUT2D eigenvalue weighted by molar-refractivity contribution is 5.08. The van der Waals surface area contributed by atoms with Crippen LogP contribution in [0, 0.1) is 17.8 Å². The number of rotatable bonds is 8. The fourth-order valence-corrected chi connectivity index (χ4v) is 6.29. The Morgan fingerprint density at radius 1 is 0.970 bits per heavy atom. The normalized spacial score (nSPS) is 42.6. The van der Waals surface area contributed by atoms with E-state index in [0.29, 0.717) is 12.3 Å². The molecule has 3 aliphatic heterocycles. The topological polar surface area (TPSA) is 66.4 Å². The van der Waals surface area contributed by atoms with Gasteiger partial charge in [0.25, 0.3) is 0 Å². The van der Waals surface area contributed by atoms with Crippen molar-refractivity contribution >= 4 is 0 Å². The second-order valence-corrected chi connectivity index (χ2v) is 10.5. The third-order valence-corrected chi connectivity index (χ3v) is 8.04. The van der Waals surface area contributed by atoms with Crippen molar-refractivity contribution in [3.63, 3.8) is 0 Å². The van der Waals surface area contributed by atoms with Gasteiger partial charge < -0.3 is 28.8 Å². The molecule has 0 aromatic carbocycles. The molecule has 5 aliphatic rings. The summed E-state index contributed by atoms with van der Waals surface area (Å²) in [6.07, 6.45) is 21.2. The van der Waals surface area contributed by atoms with Gasteiger partial charge in [-0.05, 0) is 76.0 Å². The van der Waals surface area contributed by atoms with Crippen molar-refractivity contribution in [1.29, 1.82) is 0 Å².